The van der Waals surface area contributed by atoms with Gasteiger partial charge in [0.25, 0.3) is 0 Å². The molecule has 0 unspecified atom stereocenters. The molecule has 0 spiro atoms. The van der Waals surface area contributed by atoms with Gasteiger partial charge in [-0.3, -0.25) is 9.89 Å². The molecule has 0 radical (unpaired) electrons. The molecule has 1 aromatic heterocycles. The number of nitrogens with one attached hydrogen (secondary N) is 2. The van der Waals surface area contributed by atoms with E-state index in [0.717, 1.165) is 11.3 Å². The molecule has 0 saturated carbocycles. The molecular formula is C11H12N6O2. The second-order valence-electron chi connectivity index (χ2n) is 3.51. The number of nitrogen functional groups attached to an aromatic ring is 1. The lowest BCUT2D eigenvalue weighted by Gasteiger charge is -1.99. The fourth-order valence-corrected chi connectivity index (χ4v) is 1.28. The van der Waals surface area contributed by atoms with Crippen molar-refractivity contribution < 1.29 is 9.53 Å². The number of carbonyl (C=O) groups excluding carboxylic acids is 1. The Balaban J connectivity index is 1.94. The number of hydrogen-bond donors (Lipinski definition) is 3. The highest BCUT2D eigenvalue weighted by atomic mass is 16.5. The van der Waals surface area contributed by atoms with Crippen molar-refractivity contribution in [2.24, 2.45) is 5.10 Å². The van der Waals surface area contributed by atoms with Gasteiger partial charge < -0.3 is 10.5 Å². The molecule has 4 N–H and O–H groups in total. The summed E-state index contributed by atoms with van der Waals surface area (Å²) < 4.78 is 5.03. The van der Waals surface area contributed by atoms with E-state index in [0.29, 0.717) is 0 Å². The van der Waals surface area contributed by atoms with Gasteiger partial charge >= 0.3 is 5.91 Å². The summed E-state index contributed by atoms with van der Waals surface area (Å²) in [6.07, 6.45) is 1.50. The maximum atomic E-state index is 11.5. The smallest absolute Gasteiger partial charge is 0.308 e. The molecule has 2 aromatic rings. The van der Waals surface area contributed by atoms with Crippen LogP contribution in [0.3, 0.4) is 0 Å². The summed E-state index contributed by atoms with van der Waals surface area (Å²) in [5.41, 5.74) is 8.40. The van der Waals surface area contributed by atoms with E-state index in [1.807, 2.05) is 0 Å². The van der Waals surface area contributed by atoms with Crippen molar-refractivity contribution in [2.75, 3.05) is 12.8 Å². The normalized spacial score (nSPS) is 10.6. The van der Waals surface area contributed by atoms with E-state index < -0.39 is 5.91 Å². The molecular weight excluding hydrogens is 248 g/mol. The minimum atomic E-state index is -0.519. The molecule has 19 heavy (non-hydrogen) atoms. The quantitative estimate of drug-likeness (QED) is 0.534. The summed E-state index contributed by atoms with van der Waals surface area (Å²) in [6, 6.07) is 7.20. The lowest BCUT2D eigenvalue weighted by atomic mass is 10.2. The van der Waals surface area contributed by atoms with Crippen LogP contribution >= 0.6 is 0 Å². The van der Waals surface area contributed by atoms with E-state index in [1.54, 1.807) is 31.4 Å². The first-order chi connectivity index (χ1) is 9.19. The third kappa shape index (κ3) is 3.28. The number of aromatic nitrogens is 3. The van der Waals surface area contributed by atoms with Crippen molar-refractivity contribution >= 4 is 18.1 Å². The maximum Gasteiger partial charge on any atom is 0.308 e. The topological polar surface area (TPSA) is 118 Å². The van der Waals surface area contributed by atoms with Crippen molar-refractivity contribution in [1.29, 1.82) is 0 Å². The summed E-state index contributed by atoms with van der Waals surface area (Å²) in [5, 5.41) is 9.71. The lowest BCUT2D eigenvalue weighted by molar-refractivity contribution is 0.0945. The van der Waals surface area contributed by atoms with E-state index in [-0.39, 0.29) is 11.8 Å². The third-order valence-corrected chi connectivity index (χ3v) is 2.21. The van der Waals surface area contributed by atoms with Crippen LogP contribution in [0, 0.1) is 0 Å². The second-order valence-corrected chi connectivity index (χ2v) is 3.51. The molecule has 98 valence electrons. The Labute approximate surface area is 108 Å². The molecule has 8 nitrogen and oxygen atoms in total. The number of hydrogen-bond acceptors (Lipinski definition) is 6. The minimum absolute atomic E-state index is 0.00397. The van der Waals surface area contributed by atoms with Gasteiger partial charge in [-0.15, -0.1) is 5.10 Å². The predicted octanol–water partition coefficient (Wildman–Crippen LogP) is 0.159. The standard InChI is InChI=1S/C11H12N6O2/c1-19-8-4-2-7(3-5-8)6-13-16-10(18)9-14-11(12)17-15-9/h2-6H,1H3,(H,16,18)(H3,12,14,15,17). The first-order valence-corrected chi connectivity index (χ1v) is 5.34. The number of methoxy groups -OCH3 is 1. The average molecular weight is 260 g/mol. The van der Waals surface area contributed by atoms with Gasteiger partial charge in [0, 0.05) is 0 Å². The van der Waals surface area contributed by atoms with Gasteiger partial charge in [-0.25, -0.2) is 5.43 Å². The number of nitrogens with zero attached hydrogens (tertiary/aromatic N) is 3. The Bertz CT molecular complexity index is 589. The highest BCUT2D eigenvalue weighted by Crippen LogP contribution is 2.09. The Kier molecular flexibility index (Phi) is 3.72. The van der Waals surface area contributed by atoms with Crippen molar-refractivity contribution in [3.63, 3.8) is 0 Å². The number of rotatable bonds is 4. The van der Waals surface area contributed by atoms with Crippen LogP contribution in [-0.2, 0) is 0 Å². The summed E-state index contributed by atoms with van der Waals surface area (Å²) >= 11 is 0. The SMILES string of the molecule is COc1ccc(C=NNC(=O)c2nc(N)n[nH]2)cc1. The Morgan fingerprint density at radius 1 is 1.47 bits per heavy atom. The average Bonchev–Trinajstić information content (AvgIpc) is 2.86. The summed E-state index contributed by atoms with van der Waals surface area (Å²) in [4.78, 5) is 15.2. The molecule has 8 heteroatoms. The lowest BCUT2D eigenvalue weighted by Crippen LogP contribution is -2.19. The van der Waals surface area contributed by atoms with Crippen molar-refractivity contribution in [2.45, 2.75) is 0 Å². The molecule has 0 bridgehead atoms. The van der Waals surface area contributed by atoms with Crippen molar-refractivity contribution in [1.82, 2.24) is 20.6 Å². The molecule has 0 saturated heterocycles. The molecule has 0 aliphatic heterocycles. The van der Waals surface area contributed by atoms with E-state index in [2.05, 4.69) is 25.7 Å². The number of nitrogens with two attached hydrogens (primary N) is 1. The number of ether oxygens (including phenoxy) is 1. The van der Waals surface area contributed by atoms with Gasteiger partial charge in [-0.05, 0) is 29.8 Å². The Hall–Kier alpha value is -2.90. The summed E-state index contributed by atoms with van der Waals surface area (Å²) in [6.45, 7) is 0. The molecule has 0 aliphatic carbocycles. The van der Waals surface area contributed by atoms with Crippen LogP contribution in [0.5, 0.6) is 5.75 Å². The fraction of sp³-hybridized carbons (Fsp3) is 0.0909. The monoisotopic (exact) mass is 260 g/mol. The number of anilines is 1. The molecule has 2 rings (SSSR count). The zero-order valence-corrected chi connectivity index (χ0v) is 10.1. The van der Waals surface area contributed by atoms with Crippen LogP contribution in [0.4, 0.5) is 5.95 Å². The first-order valence-electron chi connectivity index (χ1n) is 5.34. The van der Waals surface area contributed by atoms with Crippen LogP contribution in [0.25, 0.3) is 0 Å². The van der Waals surface area contributed by atoms with Crippen LogP contribution in [0.15, 0.2) is 29.4 Å². The van der Waals surface area contributed by atoms with Crippen molar-refractivity contribution in [3.8, 4) is 5.75 Å². The van der Waals surface area contributed by atoms with E-state index in [4.69, 9.17) is 10.5 Å². The third-order valence-electron chi connectivity index (χ3n) is 2.21. The predicted molar refractivity (Wildman–Crippen MR) is 68.8 cm³/mol. The first kappa shape index (κ1) is 12.6. The largest absolute Gasteiger partial charge is 0.497 e. The van der Waals surface area contributed by atoms with Crippen LogP contribution in [0.1, 0.15) is 16.2 Å². The highest BCUT2D eigenvalue weighted by molar-refractivity contribution is 5.91. The molecule has 0 aliphatic rings. The molecule has 1 heterocycles. The number of benzene rings is 1. The highest BCUT2D eigenvalue weighted by Gasteiger charge is 2.08. The molecule has 0 atom stereocenters. The van der Waals surface area contributed by atoms with Crippen LogP contribution in [-0.4, -0.2) is 34.4 Å². The van der Waals surface area contributed by atoms with Crippen LogP contribution in [0.2, 0.25) is 0 Å². The number of aromatic amines is 1. The van der Waals surface area contributed by atoms with Gasteiger partial charge in [-0.1, -0.05) is 0 Å². The molecule has 0 fully saturated rings. The van der Waals surface area contributed by atoms with Gasteiger partial charge in [0.05, 0.1) is 13.3 Å². The Morgan fingerprint density at radius 2 is 2.21 bits per heavy atom. The van der Waals surface area contributed by atoms with Crippen molar-refractivity contribution in [3.05, 3.63) is 35.7 Å². The van der Waals surface area contributed by atoms with E-state index in [9.17, 15) is 4.79 Å². The second kappa shape index (κ2) is 5.63. The van der Waals surface area contributed by atoms with E-state index >= 15 is 0 Å². The summed E-state index contributed by atoms with van der Waals surface area (Å²) in [7, 11) is 1.59. The molecule has 1 amide bonds. The fourth-order valence-electron chi connectivity index (χ4n) is 1.28. The Morgan fingerprint density at radius 3 is 2.79 bits per heavy atom. The van der Waals surface area contributed by atoms with Crippen LogP contribution < -0.4 is 15.9 Å². The number of amides is 1. The molecule has 1 aromatic carbocycles. The zero-order valence-electron chi connectivity index (χ0n) is 10.1. The minimum Gasteiger partial charge on any atom is -0.497 e. The number of hydrazone groups is 1. The van der Waals surface area contributed by atoms with Gasteiger partial charge in [0.15, 0.2) is 0 Å². The maximum absolute atomic E-state index is 11.5. The van der Waals surface area contributed by atoms with Gasteiger partial charge in [0.2, 0.25) is 11.8 Å². The van der Waals surface area contributed by atoms with E-state index in [1.165, 1.54) is 6.21 Å². The van der Waals surface area contributed by atoms with Gasteiger partial charge in [-0.2, -0.15) is 10.1 Å². The zero-order chi connectivity index (χ0) is 13.7. The van der Waals surface area contributed by atoms with Gasteiger partial charge in [0.1, 0.15) is 5.75 Å². The number of H-pyrrole nitrogens is 1. The summed E-state index contributed by atoms with van der Waals surface area (Å²) in [5.74, 6) is 0.237. The number of carbonyl (C=O) groups is 1.